The number of anilines is 1. The van der Waals surface area contributed by atoms with Gasteiger partial charge in [0.2, 0.25) is 0 Å². The minimum absolute atomic E-state index is 0.139. The minimum atomic E-state index is -0.470. The summed E-state index contributed by atoms with van der Waals surface area (Å²) in [6.07, 6.45) is 3.36. The molecule has 4 heteroatoms. The number of rotatable bonds is 3. The van der Waals surface area contributed by atoms with Crippen LogP contribution in [0.15, 0.2) is 42.7 Å². The number of aromatic nitrogens is 1. The Hall–Kier alpha value is -1.97. The van der Waals surface area contributed by atoms with Gasteiger partial charge in [-0.15, -0.1) is 0 Å². The quantitative estimate of drug-likeness (QED) is 0.878. The van der Waals surface area contributed by atoms with E-state index in [0.29, 0.717) is 0 Å². The summed E-state index contributed by atoms with van der Waals surface area (Å²) in [5.41, 5.74) is 1.07. The second-order valence-corrected chi connectivity index (χ2v) is 3.78. The van der Waals surface area contributed by atoms with Crippen LogP contribution in [0, 0.1) is 11.6 Å². The van der Waals surface area contributed by atoms with Crippen molar-refractivity contribution < 1.29 is 8.78 Å². The Labute approximate surface area is 98.3 Å². The lowest BCUT2D eigenvalue weighted by Crippen LogP contribution is -2.08. The highest BCUT2D eigenvalue weighted by atomic mass is 19.1. The first-order valence-corrected chi connectivity index (χ1v) is 5.28. The number of hydrogen-bond acceptors (Lipinski definition) is 2. The molecule has 0 spiro atoms. The summed E-state index contributed by atoms with van der Waals surface area (Å²) in [4.78, 5) is 3.98. The summed E-state index contributed by atoms with van der Waals surface area (Å²) in [6.45, 7) is 1.86. The molecule has 88 valence electrons. The van der Waals surface area contributed by atoms with E-state index in [9.17, 15) is 8.78 Å². The molecule has 1 aromatic heterocycles. The zero-order valence-electron chi connectivity index (χ0n) is 9.32. The molecule has 0 aliphatic carbocycles. The van der Waals surface area contributed by atoms with E-state index >= 15 is 0 Å². The fraction of sp³-hybridized carbons (Fsp3) is 0.154. The standard InChI is InChI=1S/C13H12F2N2/c1-9(10-3-2-6-16-8-10)17-13-7-11(14)4-5-12(13)15/h2-9,17H,1H3. The fourth-order valence-corrected chi connectivity index (χ4v) is 1.56. The summed E-state index contributed by atoms with van der Waals surface area (Å²) in [6, 6.07) is 6.88. The van der Waals surface area contributed by atoms with E-state index in [1.54, 1.807) is 18.5 Å². The first-order valence-electron chi connectivity index (χ1n) is 5.28. The molecule has 2 aromatic rings. The summed E-state index contributed by atoms with van der Waals surface area (Å²) in [7, 11) is 0. The van der Waals surface area contributed by atoms with Gasteiger partial charge in [0.25, 0.3) is 0 Å². The van der Waals surface area contributed by atoms with Crippen LogP contribution < -0.4 is 5.32 Å². The van der Waals surface area contributed by atoms with Gasteiger partial charge in [-0.05, 0) is 36.8 Å². The average molecular weight is 234 g/mol. The maximum Gasteiger partial charge on any atom is 0.146 e. The van der Waals surface area contributed by atoms with E-state index in [2.05, 4.69) is 10.3 Å². The van der Waals surface area contributed by atoms with E-state index in [-0.39, 0.29) is 11.7 Å². The van der Waals surface area contributed by atoms with E-state index in [0.717, 1.165) is 23.8 Å². The van der Waals surface area contributed by atoms with Crippen molar-refractivity contribution in [3.05, 3.63) is 59.9 Å². The molecule has 0 saturated heterocycles. The molecule has 1 unspecified atom stereocenters. The Kier molecular flexibility index (Phi) is 3.32. The molecule has 1 heterocycles. The van der Waals surface area contributed by atoms with Gasteiger partial charge in [0.05, 0.1) is 11.7 Å². The average Bonchev–Trinajstić information content (AvgIpc) is 2.35. The van der Waals surface area contributed by atoms with Gasteiger partial charge in [-0.2, -0.15) is 0 Å². The van der Waals surface area contributed by atoms with E-state index < -0.39 is 11.6 Å². The Bertz CT molecular complexity index is 500. The van der Waals surface area contributed by atoms with E-state index in [1.807, 2.05) is 13.0 Å². The molecular weight excluding hydrogens is 222 g/mol. The fourth-order valence-electron chi connectivity index (χ4n) is 1.56. The van der Waals surface area contributed by atoms with Crippen LogP contribution in [0.3, 0.4) is 0 Å². The van der Waals surface area contributed by atoms with Crippen LogP contribution in [-0.4, -0.2) is 4.98 Å². The van der Waals surface area contributed by atoms with Crippen molar-refractivity contribution in [2.75, 3.05) is 5.32 Å². The first kappa shape index (κ1) is 11.5. The third-order valence-corrected chi connectivity index (χ3v) is 2.48. The molecule has 1 aromatic carbocycles. The topological polar surface area (TPSA) is 24.9 Å². The lowest BCUT2D eigenvalue weighted by Gasteiger charge is -2.15. The van der Waals surface area contributed by atoms with Crippen molar-refractivity contribution in [1.29, 1.82) is 0 Å². The van der Waals surface area contributed by atoms with Crippen molar-refractivity contribution >= 4 is 5.69 Å². The summed E-state index contributed by atoms with van der Waals surface area (Å²) < 4.78 is 26.4. The van der Waals surface area contributed by atoms with Crippen molar-refractivity contribution in [3.8, 4) is 0 Å². The SMILES string of the molecule is CC(Nc1cc(F)ccc1F)c1cccnc1. The smallest absolute Gasteiger partial charge is 0.146 e. The Morgan fingerprint density at radius 1 is 1.24 bits per heavy atom. The number of hydrogen-bond donors (Lipinski definition) is 1. The summed E-state index contributed by atoms with van der Waals surface area (Å²) in [5.74, 6) is -0.936. The predicted octanol–water partition coefficient (Wildman–Crippen LogP) is 3.53. The van der Waals surface area contributed by atoms with Crippen LogP contribution in [0.25, 0.3) is 0 Å². The van der Waals surface area contributed by atoms with Crippen molar-refractivity contribution in [2.24, 2.45) is 0 Å². The van der Waals surface area contributed by atoms with Gasteiger partial charge in [-0.25, -0.2) is 8.78 Å². The molecule has 0 amide bonds. The maximum atomic E-state index is 13.4. The van der Waals surface area contributed by atoms with Gasteiger partial charge in [-0.1, -0.05) is 6.07 Å². The second-order valence-electron chi connectivity index (χ2n) is 3.78. The van der Waals surface area contributed by atoms with Crippen LogP contribution in [-0.2, 0) is 0 Å². The van der Waals surface area contributed by atoms with Crippen LogP contribution in [0.2, 0.25) is 0 Å². The lowest BCUT2D eigenvalue weighted by molar-refractivity contribution is 0.600. The summed E-state index contributed by atoms with van der Waals surface area (Å²) >= 11 is 0. The maximum absolute atomic E-state index is 13.4. The largest absolute Gasteiger partial charge is 0.376 e. The van der Waals surface area contributed by atoms with Crippen molar-refractivity contribution in [1.82, 2.24) is 4.98 Å². The van der Waals surface area contributed by atoms with Crippen molar-refractivity contribution in [2.45, 2.75) is 13.0 Å². The molecule has 2 nitrogen and oxygen atoms in total. The first-order chi connectivity index (χ1) is 8.16. The Morgan fingerprint density at radius 2 is 2.06 bits per heavy atom. The Morgan fingerprint density at radius 3 is 2.76 bits per heavy atom. The zero-order valence-corrected chi connectivity index (χ0v) is 9.32. The molecule has 0 aliphatic heterocycles. The van der Waals surface area contributed by atoms with Crippen molar-refractivity contribution in [3.63, 3.8) is 0 Å². The number of nitrogens with one attached hydrogen (secondary N) is 1. The number of benzene rings is 1. The lowest BCUT2D eigenvalue weighted by atomic mass is 10.1. The van der Waals surface area contributed by atoms with E-state index in [4.69, 9.17) is 0 Å². The predicted molar refractivity (Wildman–Crippen MR) is 62.6 cm³/mol. The molecule has 0 aliphatic rings. The minimum Gasteiger partial charge on any atom is -0.376 e. The molecule has 0 fully saturated rings. The van der Waals surface area contributed by atoms with Gasteiger partial charge in [-0.3, -0.25) is 4.98 Å². The van der Waals surface area contributed by atoms with E-state index in [1.165, 1.54) is 0 Å². The molecule has 17 heavy (non-hydrogen) atoms. The second kappa shape index (κ2) is 4.91. The monoisotopic (exact) mass is 234 g/mol. The van der Waals surface area contributed by atoms with Gasteiger partial charge < -0.3 is 5.32 Å². The number of nitrogens with zero attached hydrogens (tertiary/aromatic N) is 1. The molecule has 0 saturated carbocycles. The van der Waals surface area contributed by atoms with Gasteiger partial charge in [0.15, 0.2) is 0 Å². The molecule has 1 N–H and O–H groups in total. The molecule has 0 bridgehead atoms. The normalized spacial score (nSPS) is 12.2. The number of halogens is 2. The van der Waals surface area contributed by atoms with Gasteiger partial charge >= 0.3 is 0 Å². The van der Waals surface area contributed by atoms with Crippen LogP contribution >= 0.6 is 0 Å². The molecule has 1 atom stereocenters. The Balaban J connectivity index is 2.18. The zero-order chi connectivity index (χ0) is 12.3. The van der Waals surface area contributed by atoms with Crippen LogP contribution in [0.1, 0.15) is 18.5 Å². The third-order valence-electron chi connectivity index (χ3n) is 2.48. The molecular formula is C13H12F2N2. The highest BCUT2D eigenvalue weighted by Gasteiger charge is 2.09. The third kappa shape index (κ3) is 2.78. The molecule has 0 radical (unpaired) electrons. The highest BCUT2D eigenvalue weighted by Crippen LogP contribution is 2.21. The number of pyridine rings is 1. The summed E-state index contributed by atoms with van der Waals surface area (Å²) in [5, 5.41) is 2.91. The van der Waals surface area contributed by atoms with Gasteiger partial charge in [0.1, 0.15) is 11.6 Å². The van der Waals surface area contributed by atoms with Crippen LogP contribution in [0.5, 0.6) is 0 Å². The van der Waals surface area contributed by atoms with Crippen LogP contribution in [0.4, 0.5) is 14.5 Å². The molecule has 2 rings (SSSR count). The van der Waals surface area contributed by atoms with Gasteiger partial charge in [0, 0.05) is 12.4 Å². The highest BCUT2D eigenvalue weighted by molar-refractivity contribution is 5.46.